The Bertz CT molecular complexity index is 303. The van der Waals surface area contributed by atoms with Crippen molar-refractivity contribution in [1.29, 1.82) is 0 Å². The molecular formula is C10H17BrCl2N2S. The quantitative estimate of drug-likeness (QED) is 0.882. The second kappa shape index (κ2) is 7.90. The number of piperazine rings is 1. The largest absolute Gasteiger partial charge is 0.314 e. The van der Waals surface area contributed by atoms with Gasteiger partial charge in [-0.3, -0.25) is 4.90 Å². The average molecular weight is 348 g/mol. The molecule has 16 heavy (non-hydrogen) atoms. The van der Waals surface area contributed by atoms with Crippen molar-refractivity contribution in [3.05, 3.63) is 20.8 Å². The lowest BCUT2D eigenvalue weighted by Crippen LogP contribution is -2.44. The van der Waals surface area contributed by atoms with Crippen molar-refractivity contribution in [2.45, 2.75) is 13.0 Å². The van der Waals surface area contributed by atoms with E-state index in [2.05, 4.69) is 44.5 Å². The van der Waals surface area contributed by atoms with Gasteiger partial charge in [-0.1, -0.05) is 0 Å². The molecule has 0 spiro atoms. The maximum Gasteiger partial charge on any atom is 0.0425 e. The van der Waals surface area contributed by atoms with E-state index in [1.165, 1.54) is 9.35 Å². The van der Waals surface area contributed by atoms with E-state index in [9.17, 15) is 0 Å². The fraction of sp³-hybridized carbons (Fsp3) is 0.600. The molecule has 0 aromatic carbocycles. The minimum Gasteiger partial charge on any atom is -0.314 e. The predicted molar refractivity (Wildman–Crippen MR) is 79.4 cm³/mol. The van der Waals surface area contributed by atoms with Gasteiger partial charge in [0.1, 0.15) is 0 Å². The summed E-state index contributed by atoms with van der Waals surface area (Å²) in [5, 5.41) is 5.53. The topological polar surface area (TPSA) is 15.3 Å². The van der Waals surface area contributed by atoms with E-state index >= 15 is 0 Å². The summed E-state index contributed by atoms with van der Waals surface area (Å²) in [5.74, 6) is 0. The van der Waals surface area contributed by atoms with Gasteiger partial charge in [-0.05, 0) is 34.3 Å². The van der Waals surface area contributed by atoms with Crippen LogP contribution in [0.15, 0.2) is 15.9 Å². The minimum absolute atomic E-state index is 0. The number of hydrogen-bond donors (Lipinski definition) is 1. The van der Waals surface area contributed by atoms with Gasteiger partial charge >= 0.3 is 0 Å². The monoisotopic (exact) mass is 346 g/mol. The number of thiophene rings is 1. The van der Waals surface area contributed by atoms with E-state index < -0.39 is 0 Å². The molecule has 1 saturated heterocycles. The second-order valence-corrected chi connectivity index (χ2v) is 5.40. The Labute approximate surface area is 122 Å². The molecule has 0 bridgehead atoms. The molecule has 2 nitrogen and oxygen atoms in total. The average Bonchev–Trinajstić information content (AvgIpc) is 2.65. The summed E-state index contributed by atoms with van der Waals surface area (Å²) in [4.78, 5) is 3.99. The molecule has 1 aromatic rings. The van der Waals surface area contributed by atoms with Gasteiger partial charge in [-0.2, -0.15) is 0 Å². The molecule has 1 fully saturated rings. The maximum atomic E-state index is 3.60. The molecule has 1 aliphatic heterocycles. The fourth-order valence-electron chi connectivity index (χ4n) is 1.84. The van der Waals surface area contributed by atoms with Crippen molar-refractivity contribution in [2.24, 2.45) is 0 Å². The van der Waals surface area contributed by atoms with Gasteiger partial charge in [-0.25, -0.2) is 0 Å². The van der Waals surface area contributed by atoms with Crippen LogP contribution in [-0.4, -0.2) is 31.1 Å². The Morgan fingerprint density at radius 3 is 2.50 bits per heavy atom. The van der Waals surface area contributed by atoms with Crippen LogP contribution in [0.5, 0.6) is 0 Å². The summed E-state index contributed by atoms with van der Waals surface area (Å²) in [6.07, 6.45) is 0. The number of nitrogens with one attached hydrogen (secondary N) is 1. The van der Waals surface area contributed by atoms with Crippen molar-refractivity contribution in [3.8, 4) is 0 Å². The van der Waals surface area contributed by atoms with E-state index in [1.807, 2.05) is 11.3 Å². The first-order chi connectivity index (χ1) is 6.79. The van der Waals surface area contributed by atoms with Gasteiger partial charge in [0.2, 0.25) is 0 Å². The smallest absolute Gasteiger partial charge is 0.0425 e. The normalized spacial score (nSPS) is 18.4. The van der Waals surface area contributed by atoms with E-state index in [0.717, 1.165) is 26.2 Å². The Balaban J connectivity index is 0.00000112. The summed E-state index contributed by atoms with van der Waals surface area (Å²) >= 11 is 5.44. The fourth-order valence-corrected chi connectivity index (χ4v) is 3.63. The molecule has 94 valence electrons. The molecule has 1 aliphatic rings. The van der Waals surface area contributed by atoms with Gasteiger partial charge in [0.25, 0.3) is 0 Å². The van der Waals surface area contributed by atoms with Crippen molar-refractivity contribution < 1.29 is 0 Å². The van der Waals surface area contributed by atoms with Crippen LogP contribution in [0, 0.1) is 0 Å². The third-order valence-corrected chi connectivity index (χ3v) is 4.76. The van der Waals surface area contributed by atoms with Crippen LogP contribution >= 0.6 is 52.1 Å². The van der Waals surface area contributed by atoms with Crippen LogP contribution in [0.1, 0.15) is 17.8 Å². The number of hydrogen-bond acceptors (Lipinski definition) is 3. The van der Waals surface area contributed by atoms with E-state index in [1.54, 1.807) is 0 Å². The molecular weight excluding hydrogens is 331 g/mol. The Morgan fingerprint density at radius 1 is 1.38 bits per heavy atom. The summed E-state index contributed by atoms with van der Waals surface area (Å²) in [6, 6.07) is 2.69. The molecule has 0 saturated carbocycles. The summed E-state index contributed by atoms with van der Waals surface area (Å²) < 4.78 is 1.26. The van der Waals surface area contributed by atoms with Crippen LogP contribution in [0.25, 0.3) is 0 Å². The second-order valence-electron chi connectivity index (χ2n) is 3.59. The highest BCUT2D eigenvalue weighted by molar-refractivity contribution is 9.10. The highest BCUT2D eigenvalue weighted by Gasteiger charge is 2.20. The Morgan fingerprint density at radius 2 is 2.00 bits per heavy atom. The van der Waals surface area contributed by atoms with Crippen molar-refractivity contribution in [2.75, 3.05) is 26.2 Å². The van der Waals surface area contributed by atoms with Gasteiger partial charge in [-0.15, -0.1) is 36.2 Å². The zero-order valence-corrected chi connectivity index (χ0v) is 13.1. The van der Waals surface area contributed by atoms with Gasteiger partial charge in [0, 0.05) is 41.6 Å². The lowest BCUT2D eigenvalue weighted by atomic mass is 10.2. The number of halogens is 3. The molecule has 2 rings (SSSR count). The molecule has 0 aliphatic carbocycles. The summed E-state index contributed by atoms with van der Waals surface area (Å²) in [7, 11) is 0. The van der Waals surface area contributed by atoms with Crippen molar-refractivity contribution >= 4 is 52.1 Å². The Hall–Kier alpha value is 0.680. The third kappa shape index (κ3) is 3.86. The standard InChI is InChI=1S/C10H15BrN2S.2ClH/c1-8(10-9(11)2-7-14-10)13-5-3-12-4-6-13;;/h2,7-8,12H,3-6H2,1H3;2*1H/t8-;;/m1../s1. The number of rotatable bonds is 2. The van der Waals surface area contributed by atoms with Crippen molar-refractivity contribution in [3.63, 3.8) is 0 Å². The Kier molecular flexibility index (Phi) is 8.24. The molecule has 6 heteroatoms. The predicted octanol–water partition coefficient (Wildman–Crippen LogP) is 3.32. The molecule has 2 heterocycles. The third-order valence-electron chi connectivity index (χ3n) is 2.72. The highest BCUT2D eigenvalue weighted by Crippen LogP contribution is 2.32. The number of nitrogens with zero attached hydrogens (tertiary/aromatic N) is 1. The molecule has 0 amide bonds. The van der Waals surface area contributed by atoms with Gasteiger partial charge < -0.3 is 5.32 Å². The molecule has 1 N–H and O–H groups in total. The zero-order valence-electron chi connectivity index (χ0n) is 9.11. The first-order valence-electron chi connectivity index (χ1n) is 4.96. The minimum atomic E-state index is 0. The first-order valence-corrected chi connectivity index (χ1v) is 6.64. The van der Waals surface area contributed by atoms with Crippen LogP contribution in [0.3, 0.4) is 0 Å². The van der Waals surface area contributed by atoms with E-state index in [-0.39, 0.29) is 24.8 Å². The molecule has 1 aromatic heterocycles. The first kappa shape index (κ1) is 16.7. The summed E-state index contributed by atoms with van der Waals surface area (Å²) in [6.45, 7) is 6.85. The van der Waals surface area contributed by atoms with Crippen LogP contribution in [0.2, 0.25) is 0 Å². The molecule has 0 radical (unpaired) electrons. The lowest BCUT2D eigenvalue weighted by molar-refractivity contribution is 0.187. The van der Waals surface area contributed by atoms with Gasteiger partial charge in [0.15, 0.2) is 0 Å². The molecule has 1 atom stereocenters. The van der Waals surface area contributed by atoms with E-state index in [4.69, 9.17) is 0 Å². The van der Waals surface area contributed by atoms with Crippen LogP contribution in [0.4, 0.5) is 0 Å². The highest BCUT2D eigenvalue weighted by atomic mass is 79.9. The van der Waals surface area contributed by atoms with Crippen molar-refractivity contribution in [1.82, 2.24) is 10.2 Å². The van der Waals surface area contributed by atoms with E-state index in [0.29, 0.717) is 6.04 Å². The zero-order chi connectivity index (χ0) is 9.97. The van der Waals surface area contributed by atoms with Gasteiger partial charge in [0.05, 0.1) is 0 Å². The van der Waals surface area contributed by atoms with Crippen LogP contribution < -0.4 is 5.32 Å². The SMILES string of the molecule is C[C@H](c1sccc1Br)N1CCNCC1.Cl.Cl. The summed E-state index contributed by atoms with van der Waals surface area (Å²) in [5.41, 5.74) is 0. The molecule has 0 unspecified atom stereocenters. The maximum absolute atomic E-state index is 3.60. The lowest BCUT2D eigenvalue weighted by Gasteiger charge is -2.32. The van der Waals surface area contributed by atoms with Crippen LogP contribution in [-0.2, 0) is 0 Å².